The monoisotopic (exact) mass is 320 g/mol. The molecule has 20 heavy (non-hydrogen) atoms. The van der Waals surface area contributed by atoms with E-state index in [1.807, 2.05) is 0 Å². The summed E-state index contributed by atoms with van der Waals surface area (Å²) < 4.78 is 50.3. The van der Waals surface area contributed by atoms with Crippen LogP contribution in [0.3, 0.4) is 0 Å². The number of hydrogen-bond donors (Lipinski definition) is 0. The van der Waals surface area contributed by atoms with E-state index in [1.165, 1.54) is 12.1 Å². The molecule has 1 atom stereocenters. The third-order valence-electron chi connectivity index (χ3n) is 3.04. The van der Waals surface area contributed by atoms with Gasteiger partial charge in [-0.25, -0.2) is 8.42 Å². The summed E-state index contributed by atoms with van der Waals surface area (Å²) in [5.74, 6) is 0.0369. The van der Waals surface area contributed by atoms with Crippen LogP contribution in [0.4, 0.5) is 0 Å². The van der Waals surface area contributed by atoms with Crippen LogP contribution >= 0.6 is 0 Å². The van der Waals surface area contributed by atoms with Crippen LogP contribution in [0.2, 0.25) is 0 Å². The maximum absolute atomic E-state index is 11.9. The Morgan fingerprint density at radius 1 is 1.10 bits per heavy atom. The molecule has 1 aromatic rings. The highest BCUT2D eigenvalue weighted by atomic mass is 32.2. The maximum Gasteiger partial charge on any atom is 0.297 e. The minimum atomic E-state index is -3.90. The van der Waals surface area contributed by atoms with Crippen LogP contribution in [0.15, 0.2) is 29.2 Å². The molecule has 0 aliphatic rings. The molecule has 0 bridgehead atoms. The first-order chi connectivity index (χ1) is 9.15. The van der Waals surface area contributed by atoms with Crippen LogP contribution in [0, 0.1) is 0 Å². The molecule has 0 aromatic heterocycles. The van der Waals surface area contributed by atoms with Gasteiger partial charge in [0.15, 0.2) is 0 Å². The third-order valence-corrected chi connectivity index (χ3v) is 5.28. The molecule has 0 saturated heterocycles. The van der Waals surface area contributed by atoms with Crippen LogP contribution in [0.1, 0.15) is 31.7 Å². The molecule has 0 aliphatic heterocycles. The van der Waals surface area contributed by atoms with Crippen LogP contribution in [0.25, 0.3) is 0 Å². The van der Waals surface area contributed by atoms with Gasteiger partial charge in [-0.05, 0) is 30.0 Å². The predicted octanol–water partition coefficient (Wildman–Crippen LogP) is 1.95. The Morgan fingerprint density at radius 2 is 1.65 bits per heavy atom. The largest absolute Gasteiger partial charge is 0.297 e. The summed E-state index contributed by atoms with van der Waals surface area (Å²) in [6.45, 7) is 3.75. The lowest BCUT2D eigenvalue weighted by atomic mass is 9.99. The molecule has 0 heterocycles. The van der Waals surface area contributed by atoms with Crippen molar-refractivity contribution in [2.45, 2.75) is 31.1 Å². The smallest absolute Gasteiger partial charge is 0.265 e. The average Bonchev–Trinajstić information content (AvgIpc) is 2.36. The minimum absolute atomic E-state index is 0.0399. The van der Waals surface area contributed by atoms with Crippen LogP contribution in [-0.2, 0) is 24.1 Å². The van der Waals surface area contributed by atoms with E-state index in [9.17, 15) is 16.8 Å². The molecule has 1 unspecified atom stereocenters. The van der Waals surface area contributed by atoms with E-state index in [0.717, 1.165) is 18.2 Å². The highest BCUT2D eigenvalue weighted by Gasteiger charge is 2.16. The average molecular weight is 320 g/mol. The van der Waals surface area contributed by atoms with E-state index in [4.69, 9.17) is 4.18 Å². The Hall–Kier alpha value is -0.920. The molecule has 7 heteroatoms. The second-order valence-corrected chi connectivity index (χ2v) is 8.66. The van der Waals surface area contributed by atoms with Crippen molar-refractivity contribution in [3.8, 4) is 0 Å². The fraction of sp³-hybridized carbons (Fsp3) is 0.538. The van der Waals surface area contributed by atoms with E-state index < -0.39 is 20.0 Å². The molecule has 0 saturated carbocycles. The van der Waals surface area contributed by atoms with Crippen molar-refractivity contribution < 1.29 is 21.0 Å². The zero-order valence-electron chi connectivity index (χ0n) is 11.9. The lowest BCUT2D eigenvalue weighted by molar-refractivity contribution is 0.339. The van der Waals surface area contributed by atoms with Gasteiger partial charge in [0.2, 0.25) is 0 Å². The van der Waals surface area contributed by atoms with E-state index in [1.54, 1.807) is 12.1 Å². The van der Waals surface area contributed by atoms with Gasteiger partial charge < -0.3 is 0 Å². The van der Waals surface area contributed by atoms with Crippen LogP contribution in [0.5, 0.6) is 0 Å². The standard InChI is InChI=1S/C13H20O5S2/c1-4-11(2)12-5-7-13(8-6-12)20(16,17)18-9-10-19(3,14)15/h5-8,11H,4,9-10H2,1-3H3. The summed E-state index contributed by atoms with van der Waals surface area (Å²) in [6, 6.07) is 6.47. The molecule has 114 valence electrons. The summed E-state index contributed by atoms with van der Waals surface area (Å²) in [7, 11) is -7.14. The zero-order chi connectivity index (χ0) is 15.4. The molecule has 0 N–H and O–H groups in total. The quantitative estimate of drug-likeness (QED) is 0.718. The molecular formula is C13H20O5S2. The van der Waals surface area contributed by atoms with Gasteiger partial charge in [-0.2, -0.15) is 8.42 Å². The zero-order valence-corrected chi connectivity index (χ0v) is 13.5. The van der Waals surface area contributed by atoms with Crippen molar-refractivity contribution >= 4 is 20.0 Å². The van der Waals surface area contributed by atoms with Crippen molar-refractivity contribution in [3.63, 3.8) is 0 Å². The molecule has 0 spiro atoms. The fourth-order valence-electron chi connectivity index (χ4n) is 1.56. The minimum Gasteiger partial charge on any atom is -0.265 e. The van der Waals surface area contributed by atoms with Gasteiger partial charge in [-0.1, -0.05) is 26.0 Å². The SMILES string of the molecule is CCC(C)c1ccc(S(=O)(=O)OCCS(C)(=O)=O)cc1. The number of hydrogen-bond acceptors (Lipinski definition) is 5. The first kappa shape index (κ1) is 17.1. The summed E-state index contributed by atoms with van der Waals surface area (Å²) in [4.78, 5) is 0.0399. The molecule has 1 aromatic carbocycles. The number of sulfone groups is 1. The van der Waals surface area contributed by atoms with Crippen LogP contribution in [-0.4, -0.2) is 35.5 Å². The van der Waals surface area contributed by atoms with E-state index in [0.29, 0.717) is 5.92 Å². The Bertz CT molecular complexity index is 630. The van der Waals surface area contributed by atoms with Crippen molar-refractivity contribution in [2.24, 2.45) is 0 Å². The van der Waals surface area contributed by atoms with Crippen molar-refractivity contribution in [1.82, 2.24) is 0 Å². The van der Waals surface area contributed by atoms with E-state index in [2.05, 4.69) is 13.8 Å². The molecule has 0 radical (unpaired) electrons. The van der Waals surface area contributed by atoms with Crippen molar-refractivity contribution in [3.05, 3.63) is 29.8 Å². The van der Waals surface area contributed by atoms with E-state index >= 15 is 0 Å². The summed E-state index contributed by atoms with van der Waals surface area (Å²) in [5, 5.41) is 0. The Labute approximate surface area is 121 Å². The van der Waals surface area contributed by atoms with Gasteiger partial charge in [0.1, 0.15) is 9.84 Å². The highest BCUT2D eigenvalue weighted by molar-refractivity contribution is 7.90. The molecule has 5 nitrogen and oxygen atoms in total. The maximum atomic E-state index is 11.9. The first-order valence-electron chi connectivity index (χ1n) is 6.33. The van der Waals surface area contributed by atoms with E-state index in [-0.39, 0.29) is 17.3 Å². The van der Waals surface area contributed by atoms with Gasteiger partial charge in [0.05, 0.1) is 17.3 Å². The normalized spacial score (nSPS) is 14.2. The molecule has 0 aliphatic carbocycles. The Balaban J connectivity index is 2.78. The highest BCUT2D eigenvalue weighted by Crippen LogP contribution is 2.21. The van der Waals surface area contributed by atoms with Gasteiger partial charge in [0.25, 0.3) is 10.1 Å². The number of benzene rings is 1. The number of rotatable bonds is 7. The predicted molar refractivity (Wildman–Crippen MR) is 78.0 cm³/mol. The van der Waals surface area contributed by atoms with Gasteiger partial charge in [-0.3, -0.25) is 4.18 Å². The lowest BCUT2D eigenvalue weighted by Crippen LogP contribution is -2.14. The van der Waals surface area contributed by atoms with Gasteiger partial charge in [-0.15, -0.1) is 0 Å². The first-order valence-corrected chi connectivity index (χ1v) is 9.79. The Kier molecular flexibility index (Phi) is 5.73. The topological polar surface area (TPSA) is 77.5 Å². The lowest BCUT2D eigenvalue weighted by Gasteiger charge is -2.10. The summed E-state index contributed by atoms with van der Waals surface area (Å²) >= 11 is 0. The van der Waals surface area contributed by atoms with Crippen molar-refractivity contribution in [2.75, 3.05) is 18.6 Å². The third kappa shape index (κ3) is 5.22. The molecular weight excluding hydrogens is 300 g/mol. The van der Waals surface area contributed by atoms with Gasteiger partial charge in [0, 0.05) is 6.26 Å². The molecule has 1 rings (SSSR count). The van der Waals surface area contributed by atoms with Crippen LogP contribution < -0.4 is 0 Å². The molecule has 0 fully saturated rings. The Morgan fingerprint density at radius 3 is 2.10 bits per heavy atom. The summed E-state index contributed by atoms with van der Waals surface area (Å²) in [5.41, 5.74) is 1.06. The van der Waals surface area contributed by atoms with Gasteiger partial charge >= 0.3 is 0 Å². The second-order valence-electron chi connectivity index (χ2n) is 4.78. The fourth-order valence-corrected chi connectivity index (χ4v) is 2.96. The summed E-state index contributed by atoms with van der Waals surface area (Å²) in [6.07, 6.45) is 2.00. The second kappa shape index (κ2) is 6.69. The van der Waals surface area contributed by atoms with Crippen molar-refractivity contribution in [1.29, 1.82) is 0 Å². The molecule has 0 amide bonds.